The number of aryl methyl sites for hydroxylation is 2. The van der Waals surface area contributed by atoms with Gasteiger partial charge in [-0.1, -0.05) is 18.2 Å². The summed E-state index contributed by atoms with van der Waals surface area (Å²) in [6.45, 7) is 4.39. The van der Waals surface area contributed by atoms with Gasteiger partial charge >= 0.3 is 11.3 Å². The smallest absolute Gasteiger partial charge is 0.344 e. The monoisotopic (exact) mass is 498 g/mol. The van der Waals surface area contributed by atoms with E-state index in [0.29, 0.717) is 41.0 Å². The molecule has 0 fully saturated rings. The molecular formula is C29H22O8. The maximum Gasteiger partial charge on any atom is 0.344 e. The molecule has 37 heavy (non-hydrogen) atoms. The molecule has 8 heteroatoms. The van der Waals surface area contributed by atoms with Crippen LogP contribution in [0.2, 0.25) is 0 Å². The van der Waals surface area contributed by atoms with Gasteiger partial charge < -0.3 is 28.5 Å². The predicted molar refractivity (Wildman–Crippen MR) is 136 cm³/mol. The summed E-state index contributed by atoms with van der Waals surface area (Å²) in [6.07, 6.45) is 0. The molecule has 0 aliphatic carbocycles. The topological polar surface area (TPSA) is 119 Å². The molecule has 2 N–H and O–H groups in total. The van der Waals surface area contributed by atoms with Crippen LogP contribution in [0.5, 0.6) is 23.0 Å². The molecule has 0 saturated heterocycles. The summed E-state index contributed by atoms with van der Waals surface area (Å²) in [5.41, 5.74) is 0.381. The van der Waals surface area contributed by atoms with Crippen molar-refractivity contribution < 1.29 is 28.5 Å². The highest BCUT2D eigenvalue weighted by molar-refractivity contribution is 5.87. The van der Waals surface area contributed by atoms with Gasteiger partial charge in [-0.15, -0.1) is 0 Å². The van der Waals surface area contributed by atoms with Crippen LogP contribution < -0.4 is 20.7 Å². The normalized spacial score (nSPS) is 12.9. The van der Waals surface area contributed by atoms with Gasteiger partial charge in [0.15, 0.2) is 11.5 Å². The van der Waals surface area contributed by atoms with E-state index in [4.69, 9.17) is 18.3 Å². The van der Waals surface area contributed by atoms with E-state index in [0.717, 1.165) is 11.1 Å². The highest BCUT2D eigenvalue weighted by Crippen LogP contribution is 2.44. The first-order valence-corrected chi connectivity index (χ1v) is 11.7. The van der Waals surface area contributed by atoms with Crippen LogP contribution in [-0.2, 0) is 0 Å². The molecule has 3 heterocycles. The third kappa shape index (κ3) is 3.69. The fourth-order valence-electron chi connectivity index (χ4n) is 4.84. The molecule has 1 aliphatic heterocycles. The fraction of sp³-hybridized carbons (Fsp3) is 0.172. The molecule has 0 spiro atoms. The Kier molecular flexibility index (Phi) is 5.19. The molecule has 0 amide bonds. The van der Waals surface area contributed by atoms with Crippen molar-refractivity contribution in [3.63, 3.8) is 0 Å². The quantitative estimate of drug-likeness (QED) is 0.338. The van der Waals surface area contributed by atoms with Crippen molar-refractivity contribution >= 4 is 21.9 Å². The van der Waals surface area contributed by atoms with Gasteiger partial charge in [0.25, 0.3) is 0 Å². The first kappa shape index (κ1) is 22.7. The first-order chi connectivity index (χ1) is 17.8. The molecular weight excluding hydrogens is 476 g/mol. The number of hydrogen-bond acceptors (Lipinski definition) is 8. The lowest BCUT2D eigenvalue weighted by atomic mass is 9.84. The number of aromatic hydroxyl groups is 2. The maximum absolute atomic E-state index is 13.4. The fourth-order valence-corrected chi connectivity index (χ4v) is 4.84. The molecule has 0 bridgehead atoms. The Morgan fingerprint density at radius 3 is 1.73 bits per heavy atom. The van der Waals surface area contributed by atoms with Crippen LogP contribution in [0.25, 0.3) is 21.9 Å². The highest BCUT2D eigenvalue weighted by atomic mass is 16.6. The minimum Gasteiger partial charge on any atom is -0.507 e. The lowest BCUT2D eigenvalue weighted by Crippen LogP contribution is -2.22. The molecule has 0 radical (unpaired) electrons. The van der Waals surface area contributed by atoms with E-state index in [2.05, 4.69) is 0 Å². The first-order valence-electron chi connectivity index (χ1n) is 11.7. The highest BCUT2D eigenvalue weighted by Gasteiger charge is 2.33. The average molecular weight is 498 g/mol. The lowest BCUT2D eigenvalue weighted by Gasteiger charge is -2.23. The summed E-state index contributed by atoms with van der Waals surface area (Å²) in [5, 5.41) is 23.3. The molecule has 5 aromatic rings. The lowest BCUT2D eigenvalue weighted by molar-refractivity contribution is 0.171. The van der Waals surface area contributed by atoms with E-state index < -0.39 is 17.2 Å². The average Bonchev–Trinajstić information content (AvgIpc) is 2.87. The van der Waals surface area contributed by atoms with Crippen LogP contribution in [0, 0.1) is 13.8 Å². The summed E-state index contributed by atoms with van der Waals surface area (Å²) >= 11 is 0. The van der Waals surface area contributed by atoms with Gasteiger partial charge in [-0.2, -0.15) is 0 Å². The maximum atomic E-state index is 13.4. The summed E-state index contributed by atoms with van der Waals surface area (Å²) in [5.74, 6) is -1.03. The van der Waals surface area contributed by atoms with Crippen molar-refractivity contribution in [2.75, 3.05) is 13.2 Å². The zero-order valence-electron chi connectivity index (χ0n) is 20.0. The van der Waals surface area contributed by atoms with E-state index >= 15 is 0 Å². The van der Waals surface area contributed by atoms with Crippen LogP contribution >= 0.6 is 0 Å². The Morgan fingerprint density at radius 1 is 0.676 bits per heavy atom. The summed E-state index contributed by atoms with van der Waals surface area (Å²) in [7, 11) is 0. The number of fused-ring (bicyclic) bond motifs is 3. The standard InChI is InChI=1S/C29H22O8/c1-14-3-6-17-20(11-14)36-28(32)24(26(17)30)23(16-5-8-19-22(13-16)35-10-9-34-19)25-27(31)18-7-4-15(2)12-21(18)37-29(25)33/h3-8,11-13,23,30-31H,9-10H2,1-2H3. The predicted octanol–water partition coefficient (Wildman–Crippen LogP) is 4.88. The van der Waals surface area contributed by atoms with E-state index in [1.165, 1.54) is 0 Å². The van der Waals surface area contributed by atoms with Gasteiger partial charge in [0.2, 0.25) is 0 Å². The summed E-state index contributed by atoms with van der Waals surface area (Å²) in [6, 6.07) is 15.0. The molecule has 3 aromatic carbocycles. The van der Waals surface area contributed by atoms with Crippen LogP contribution in [0.4, 0.5) is 0 Å². The molecule has 0 saturated carbocycles. The molecule has 1 aliphatic rings. The van der Waals surface area contributed by atoms with Gasteiger partial charge in [-0.3, -0.25) is 0 Å². The minimum absolute atomic E-state index is 0.206. The Hall–Kier alpha value is -4.72. The third-order valence-electron chi connectivity index (χ3n) is 6.62. The van der Waals surface area contributed by atoms with Gasteiger partial charge in [-0.25, -0.2) is 9.59 Å². The van der Waals surface area contributed by atoms with Gasteiger partial charge in [0.05, 0.1) is 27.8 Å². The van der Waals surface area contributed by atoms with Crippen molar-refractivity contribution in [2.24, 2.45) is 0 Å². The largest absolute Gasteiger partial charge is 0.507 e. The van der Waals surface area contributed by atoms with Crippen LogP contribution in [-0.4, -0.2) is 23.4 Å². The number of benzene rings is 3. The number of ether oxygens (including phenoxy) is 2. The van der Waals surface area contributed by atoms with Crippen molar-refractivity contribution in [1.29, 1.82) is 0 Å². The van der Waals surface area contributed by atoms with Crippen molar-refractivity contribution in [3.8, 4) is 23.0 Å². The van der Waals surface area contributed by atoms with Crippen molar-refractivity contribution in [3.05, 3.63) is 103 Å². The number of hydrogen-bond donors (Lipinski definition) is 2. The van der Waals surface area contributed by atoms with Crippen molar-refractivity contribution in [1.82, 2.24) is 0 Å². The molecule has 8 nitrogen and oxygen atoms in total. The van der Waals surface area contributed by atoms with E-state index in [1.807, 2.05) is 13.8 Å². The van der Waals surface area contributed by atoms with Crippen LogP contribution in [0.15, 0.2) is 73.0 Å². The molecule has 0 atom stereocenters. The van der Waals surface area contributed by atoms with Gasteiger partial charge in [0.1, 0.15) is 35.9 Å². The zero-order chi connectivity index (χ0) is 25.8. The summed E-state index contributed by atoms with van der Waals surface area (Å²) < 4.78 is 22.5. The minimum atomic E-state index is -1.24. The Balaban J connectivity index is 1.70. The zero-order valence-corrected chi connectivity index (χ0v) is 20.0. The Labute approximate surface area is 209 Å². The Morgan fingerprint density at radius 2 is 1.19 bits per heavy atom. The SMILES string of the molecule is Cc1ccc2c(O)c(C(c3ccc4c(c3)OCCO4)c3c(O)c4ccc(C)cc4oc3=O)c(=O)oc2c1. The van der Waals surface area contributed by atoms with Gasteiger partial charge in [0, 0.05) is 0 Å². The summed E-state index contributed by atoms with van der Waals surface area (Å²) in [4.78, 5) is 26.8. The second-order valence-electron chi connectivity index (χ2n) is 9.14. The van der Waals surface area contributed by atoms with E-state index in [9.17, 15) is 19.8 Å². The van der Waals surface area contributed by atoms with E-state index in [-0.39, 0.29) is 33.8 Å². The Bertz CT molecular complexity index is 1720. The van der Waals surface area contributed by atoms with Crippen LogP contribution in [0.1, 0.15) is 33.7 Å². The number of rotatable bonds is 3. The molecule has 6 rings (SSSR count). The third-order valence-corrected chi connectivity index (χ3v) is 6.62. The second kappa shape index (κ2) is 8.44. The van der Waals surface area contributed by atoms with Crippen molar-refractivity contribution in [2.45, 2.75) is 19.8 Å². The van der Waals surface area contributed by atoms with Crippen LogP contribution in [0.3, 0.4) is 0 Å². The molecule has 2 aromatic heterocycles. The van der Waals surface area contributed by atoms with Gasteiger partial charge in [-0.05, 0) is 66.9 Å². The second-order valence-corrected chi connectivity index (χ2v) is 9.14. The van der Waals surface area contributed by atoms with E-state index in [1.54, 1.807) is 54.6 Å². The molecule has 186 valence electrons. The molecule has 0 unspecified atom stereocenters.